The topological polar surface area (TPSA) is 34.5 Å². The van der Waals surface area contributed by atoms with Gasteiger partial charge in [0.15, 0.2) is 0 Å². The summed E-state index contributed by atoms with van der Waals surface area (Å²) >= 11 is 0. The van der Waals surface area contributed by atoms with Crippen molar-refractivity contribution in [2.75, 3.05) is 18.0 Å². The normalized spacial score (nSPS) is 18.6. The van der Waals surface area contributed by atoms with Gasteiger partial charge in [-0.3, -0.25) is 9.36 Å². The lowest BCUT2D eigenvalue weighted by Crippen LogP contribution is -2.45. The number of morpholine rings is 1. The van der Waals surface area contributed by atoms with Gasteiger partial charge in [0.25, 0.3) is 5.56 Å². The van der Waals surface area contributed by atoms with Crippen molar-refractivity contribution in [2.45, 2.75) is 33.0 Å². The van der Waals surface area contributed by atoms with E-state index in [-0.39, 0.29) is 23.6 Å². The van der Waals surface area contributed by atoms with Gasteiger partial charge < -0.3 is 9.64 Å². The van der Waals surface area contributed by atoms with Gasteiger partial charge >= 0.3 is 0 Å². The lowest BCUT2D eigenvalue weighted by Gasteiger charge is -2.36. The van der Waals surface area contributed by atoms with Crippen LogP contribution in [0, 0.1) is 12.7 Å². The molecule has 0 bridgehead atoms. The second-order valence-corrected chi connectivity index (χ2v) is 8.90. The van der Waals surface area contributed by atoms with Crippen molar-refractivity contribution in [3.8, 4) is 16.8 Å². The number of aryl methyl sites for hydroxylation is 1. The molecule has 0 amide bonds. The molecule has 0 radical (unpaired) electrons. The summed E-state index contributed by atoms with van der Waals surface area (Å²) < 4.78 is 21.0. The molecule has 1 aliphatic rings. The van der Waals surface area contributed by atoms with E-state index in [1.165, 1.54) is 12.1 Å². The molecule has 0 unspecified atom stereocenters. The van der Waals surface area contributed by atoms with E-state index in [4.69, 9.17) is 4.74 Å². The van der Waals surface area contributed by atoms with Crippen molar-refractivity contribution in [2.24, 2.45) is 0 Å². The molecule has 5 rings (SSSR count). The highest BCUT2D eigenvalue weighted by Crippen LogP contribution is 2.30. The number of rotatable bonds is 3. The van der Waals surface area contributed by atoms with Crippen LogP contribution in [0.25, 0.3) is 27.6 Å². The zero-order valence-electron chi connectivity index (χ0n) is 19.1. The summed E-state index contributed by atoms with van der Waals surface area (Å²) in [7, 11) is 0. The van der Waals surface area contributed by atoms with Crippen LogP contribution in [0.4, 0.5) is 10.1 Å². The number of halogens is 1. The van der Waals surface area contributed by atoms with Crippen molar-refractivity contribution in [3.63, 3.8) is 0 Å². The minimum absolute atomic E-state index is 0.0686. The van der Waals surface area contributed by atoms with Crippen LogP contribution in [0.5, 0.6) is 0 Å². The molecule has 1 saturated heterocycles. The van der Waals surface area contributed by atoms with E-state index in [1.54, 1.807) is 16.7 Å². The van der Waals surface area contributed by atoms with Gasteiger partial charge in [-0.25, -0.2) is 4.39 Å². The van der Waals surface area contributed by atoms with Gasteiger partial charge in [-0.05, 0) is 85.3 Å². The fourth-order valence-electron chi connectivity index (χ4n) is 4.88. The molecule has 0 N–H and O–H groups in total. The Morgan fingerprint density at radius 2 is 1.52 bits per heavy atom. The first-order chi connectivity index (χ1) is 15.9. The van der Waals surface area contributed by atoms with Crippen LogP contribution in [0.3, 0.4) is 0 Å². The molecule has 4 aromatic rings. The quantitative estimate of drug-likeness (QED) is 0.407. The van der Waals surface area contributed by atoms with Gasteiger partial charge in [0, 0.05) is 36.0 Å². The van der Waals surface area contributed by atoms with E-state index in [1.807, 2.05) is 43.5 Å². The van der Waals surface area contributed by atoms with Crippen molar-refractivity contribution < 1.29 is 9.13 Å². The Labute approximate surface area is 192 Å². The van der Waals surface area contributed by atoms with Gasteiger partial charge in [-0.2, -0.15) is 0 Å². The Morgan fingerprint density at radius 3 is 2.18 bits per heavy atom. The number of fused-ring (bicyclic) bond motifs is 1. The fourth-order valence-corrected chi connectivity index (χ4v) is 4.88. The first kappa shape index (κ1) is 21.4. The third-order valence-electron chi connectivity index (χ3n) is 6.30. The standard InChI is InChI=1S/C28H27FN2O2/c1-18-15-31(24-13-11-23(12-14-24)30-16-19(2)33-20(3)17-30)28(32)26-6-4-5-25(27(18)26)21-7-9-22(29)10-8-21/h4-15,19-20H,16-17H2,1-3H3/t19-,20+. The van der Waals surface area contributed by atoms with Crippen molar-refractivity contribution in [1.29, 1.82) is 0 Å². The number of hydrogen-bond acceptors (Lipinski definition) is 3. The number of benzene rings is 3. The van der Waals surface area contributed by atoms with E-state index in [9.17, 15) is 9.18 Å². The number of anilines is 1. The second-order valence-electron chi connectivity index (χ2n) is 8.90. The number of hydrogen-bond donors (Lipinski definition) is 0. The lowest BCUT2D eigenvalue weighted by molar-refractivity contribution is -0.00521. The van der Waals surface area contributed by atoms with Crippen LogP contribution in [0.2, 0.25) is 0 Å². The average Bonchev–Trinajstić information content (AvgIpc) is 2.81. The van der Waals surface area contributed by atoms with Crippen molar-refractivity contribution in [3.05, 3.63) is 94.7 Å². The third kappa shape index (κ3) is 4.05. The third-order valence-corrected chi connectivity index (χ3v) is 6.30. The van der Waals surface area contributed by atoms with Crippen LogP contribution >= 0.6 is 0 Å². The molecule has 0 saturated carbocycles. The second kappa shape index (κ2) is 8.49. The summed E-state index contributed by atoms with van der Waals surface area (Å²) in [6.45, 7) is 7.90. The van der Waals surface area contributed by atoms with Crippen LogP contribution in [-0.2, 0) is 4.74 Å². The van der Waals surface area contributed by atoms with Gasteiger partial charge in [-0.15, -0.1) is 0 Å². The minimum Gasteiger partial charge on any atom is -0.372 e. The first-order valence-corrected chi connectivity index (χ1v) is 11.3. The summed E-state index contributed by atoms with van der Waals surface area (Å²) in [6.07, 6.45) is 2.27. The molecular formula is C28H27FN2O2. The number of nitrogens with zero attached hydrogens (tertiary/aromatic N) is 2. The Morgan fingerprint density at radius 1 is 0.879 bits per heavy atom. The van der Waals surface area contributed by atoms with Gasteiger partial charge in [0.1, 0.15) is 5.82 Å². The fraction of sp³-hybridized carbons (Fsp3) is 0.250. The maximum Gasteiger partial charge on any atom is 0.262 e. The summed E-state index contributed by atoms with van der Waals surface area (Å²) in [4.78, 5) is 15.8. The molecule has 0 aliphatic carbocycles. The van der Waals surface area contributed by atoms with Gasteiger partial charge in [0.2, 0.25) is 0 Å². The van der Waals surface area contributed by atoms with E-state index < -0.39 is 0 Å². The number of pyridine rings is 1. The summed E-state index contributed by atoms with van der Waals surface area (Å²) in [5, 5.41) is 1.55. The predicted octanol–water partition coefficient (Wildman–Crippen LogP) is 5.72. The smallest absolute Gasteiger partial charge is 0.262 e. The Balaban J connectivity index is 1.55. The molecule has 0 spiro atoms. The van der Waals surface area contributed by atoms with Crippen LogP contribution < -0.4 is 10.5 Å². The summed E-state index contributed by atoms with van der Waals surface area (Å²) in [5.41, 5.74) is 4.70. The Kier molecular flexibility index (Phi) is 5.51. The highest BCUT2D eigenvalue weighted by Gasteiger charge is 2.22. The van der Waals surface area contributed by atoms with E-state index in [0.29, 0.717) is 5.39 Å². The van der Waals surface area contributed by atoms with Crippen LogP contribution in [0.1, 0.15) is 19.4 Å². The molecule has 168 valence electrons. The maximum atomic E-state index is 13.5. The summed E-state index contributed by atoms with van der Waals surface area (Å²) in [6, 6.07) is 20.3. The van der Waals surface area contributed by atoms with Crippen LogP contribution in [-0.4, -0.2) is 29.9 Å². The molecule has 2 heterocycles. The molecule has 3 aromatic carbocycles. The van der Waals surface area contributed by atoms with Crippen LogP contribution in [0.15, 0.2) is 77.7 Å². The molecule has 33 heavy (non-hydrogen) atoms. The molecule has 1 fully saturated rings. The first-order valence-electron chi connectivity index (χ1n) is 11.3. The molecule has 5 heteroatoms. The highest BCUT2D eigenvalue weighted by molar-refractivity contribution is 5.98. The molecule has 4 nitrogen and oxygen atoms in total. The molecular weight excluding hydrogens is 415 g/mol. The maximum absolute atomic E-state index is 13.5. The van der Waals surface area contributed by atoms with Gasteiger partial charge in [-0.1, -0.05) is 24.3 Å². The highest BCUT2D eigenvalue weighted by atomic mass is 19.1. The molecule has 1 aromatic heterocycles. The largest absolute Gasteiger partial charge is 0.372 e. The Hall–Kier alpha value is -3.44. The molecule has 1 aliphatic heterocycles. The lowest BCUT2D eigenvalue weighted by atomic mass is 9.96. The van der Waals surface area contributed by atoms with E-state index in [0.717, 1.165) is 46.5 Å². The summed E-state index contributed by atoms with van der Waals surface area (Å²) in [5.74, 6) is -0.275. The number of aromatic nitrogens is 1. The zero-order valence-corrected chi connectivity index (χ0v) is 19.1. The average molecular weight is 443 g/mol. The van der Waals surface area contributed by atoms with Crippen molar-refractivity contribution >= 4 is 16.5 Å². The molecule has 2 atom stereocenters. The van der Waals surface area contributed by atoms with E-state index in [2.05, 4.69) is 30.9 Å². The van der Waals surface area contributed by atoms with E-state index >= 15 is 0 Å². The Bertz CT molecular complexity index is 1350. The predicted molar refractivity (Wildman–Crippen MR) is 132 cm³/mol. The number of ether oxygens (including phenoxy) is 1. The zero-order chi connectivity index (χ0) is 23.1. The van der Waals surface area contributed by atoms with Gasteiger partial charge in [0.05, 0.1) is 12.2 Å². The van der Waals surface area contributed by atoms with Crippen molar-refractivity contribution in [1.82, 2.24) is 4.57 Å². The SMILES string of the molecule is Cc1cn(-c2ccc(N3C[C@@H](C)O[C@@H](C)C3)cc2)c(=O)c2cccc(-c3ccc(F)cc3)c12. The monoisotopic (exact) mass is 442 g/mol. The minimum atomic E-state index is -0.275.